The molecule has 2 aromatic rings. The lowest BCUT2D eigenvalue weighted by Gasteiger charge is -2.16. The third-order valence-corrected chi connectivity index (χ3v) is 4.39. The standard InChI is InChI=1S/C15H17NOS/c1-11(15-7-4-8-18-15)16-10-13-9-12-5-2-3-6-14(12)17-13/h2-8,11,13,16H,9-10H2,1H3/t11-,13?/m1/s1. The van der Waals surface area contributed by atoms with Gasteiger partial charge in [-0.2, -0.15) is 0 Å². The maximum atomic E-state index is 5.92. The van der Waals surface area contributed by atoms with Crippen LogP contribution in [0.5, 0.6) is 5.75 Å². The van der Waals surface area contributed by atoms with Gasteiger partial charge in [0.25, 0.3) is 0 Å². The number of hydrogen-bond donors (Lipinski definition) is 1. The Morgan fingerprint density at radius 3 is 3.00 bits per heavy atom. The Bertz CT molecular complexity index is 484. The molecule has 0 saturated heterocycles. The Balaban J connectivity index is 1.54. The van der Waals surface area contributed by atoms with Crippen LogP contribution in [0.25, 0.3) is 0 Å². The van der Waals surface area contributed by atoms with Gasteiger partial charge in [-0.1, -0.05) is 24.3 Å². The van der Waals surface area contributed by atoms with E-state index in [2.05, 4.69) is 48.0 Å². The quantitative estimate of drug-likeness (QED) is 0.908. The van der Waals surface area contributed by atoms with Crippen LogP contribution < -0.4 is 10.1 Å². The van der Waals surface area contributed by atoms with Crippen LogP contribution in [0.2, 0.25) is 0 Å². The number of ether oxygens (including phenoxy) is 1. The second kappa shape index (κ2) is 5.12. The summed E-state index contributed by atoms with van der Waals surface area (Å²) >= 11 is 1.80. The summed E-state index contributed by atoms with van der Waals surface area (Å²) in [5.74, 6) is 1.05. The average molecular weight is 259 g/mol. The Kier molecular flexibility index (Phi) is 3.35. The van der Waals surface area contributed by atoms with E-state index in [9.17, 15) is 0 Å². The first-order chi connectivity index (χ1) is 8.83. The number of fused-ring (bicyclic) bond motifs is 1. The molecule has 0 bridgehead atoms. The van der Waals surface area contributed by atoms with Gasteiger partial charge in [-0.15, -0.1) is 11.3 Å². The molecule has 1 aromatic heterocycles. The van der Waals surface area contributed by atoms with E-state index < -0.39 is 0 Å². The van der Waals surface area contributed by atoms with Crippen molar-refractivity contribution in [1.82, 2.24) is 5.32 Å². The van der Waals surface area contributed by atoms with Gasteiger partial charge in [0.2, 0.25) is 0 Å². The van der Waals surface area contributed by atoms with Crippen LogP contribution in [0.15, 0.2) is 41.8 Å². The fourth-order valence-corrected chi connectivity index (χ4v) is 3.07. The number of hydrogen-bond acceptors (Lipinski definition) is 3. The fourth-order valence-electron chi connectivity index (χ4n) is 2.31. The van der Waals surface area contributed by atoms with Crippen LogP contribution in [0, 0.1) is 0 Å². The zero-order chi connectivity index (χ0) is 12.4. The molecule has 1 aliphatic rings. The molecule has 1 N–H and O–H groups in total. The smallest absolute Gasteiger partial charge is 0.123 e. The van der Waals surface area contributed by atoms with Gasteiger partial charge in [-0.3, -0.25) is 0 Å². The summed E-state index contributed by atoms with van der Waals surface area (Å²) in [6, 6.07) is 13.0. The van der Waals surface area contributed by atoms with Gasteiger partial charge in [-0.25, -0.2) is 0 Å². The van der Waals surface area contributed by atoms with Crippen molar-refractivity contribution in [3.05, 3.63) is 52.2 Å². The van der Waals surface area contributed by atoms with Crippen molar-refractivity contribution >= 4 is 11.3 Å². The highest BCUT2D eigenvalue weighted by Gasteiger charge is 2.22. The molecule has 0 saturated carbocycles. The van der Waals surface area contributed by atoms with Crippen molar-refractivity contribution < 1.29 is 4.74 Å². The molecule has 1 aromatic carbocycles. The van der Waals surface area contributed by atoms with Gasteiger partial charge in [0.1, 0.15) is 11.9 Å². The summed E-state index contributed by atoms with van der Waals surface area (Å²) in [6.07, 6.45) is 1.28. The predicted octanol–water partition coefficient (Wildman–Crippen LogP) is 3.40. The molecule has 3 rings (SSSR count). The average Bonchev–Trinajstić information content (AvgIpc) is 3.04. The van der Waals surface area contributed by atoms with Gasteiger partial charge in [0.15, 0.2) is 0 Å². The van der Waals surface area contributed by atoms with E-state index in [0.717, 1.165) is 18.7 Å². The topological polar surface area (TPSA) is 21.3 Å². The fraction of sp³-hybridized carbons (Fsp3) is 0.333. The third kappa shape index (κ3) is 2.42. The van der Waals surface area contributed by atoms with Gasteiger partial charge >= 0.3 is 0 Å². The van der Waals surface area contributed by atoms with Crippen LogP contribution in [0.1, 0.15) is 23.4 Å². The molecule has 0 aliphatic carbocycles. The third-order valence-electron chi connectivity index (χ3n) is 3.34. The van der Waals surface area contributed by atoms with E-state index in [-0.39, 0.29) is 6.10 Å². The molecular formula is C15H17NOS. The van der Waals surface area contributed by atoms with E-state index in [1.165, 1.54) is 10.4 Å². The molecule has 0 radical (unpaired) electrons. The summed E-state index contributed by atoms with van der Waals surface area (Å²) in [7, 11) is 0. The SMILES string of the molecule is C[C@@H](NCC1Cc2ccccc2O1)c1cccs1. The molecule has 0 fully saturated rings. The van der Waals surface area contributed by atoms with Crippen molar-refractivity contribution in [2.75, 3.05) is 6.54 Å². The number of nitrogens with one attached hydrogen (secondary N) is 1. The number of para-hydroxylation sites is 1. The lowest BCUT2D eigenvalue weighted by atomic mass is 10.1. The maximum absolute atomic E-state index is 5.92. The zero-order valence-corrected chi connectivity index (χ0v) is 11.2. The van der Waals surface area contributed by atoms with Gasteiger partial charge in [-0.05, 0) is 30.0 Å². The van der Waals surface area contributed by atoms with E-state index in [4.69, 9.17) is 4.74 Å². The number of benzene rings is 1. The normalized spacial score (nSPS) is 19.3. The Labute approximate surface area is 112 Å². The lowest BCUT2D eigenvalue weighted by Crippen LogP contribution is -2.31. The first-order valence-electron chi connectivity index (χ1n) is 6.34. The zero-order valence-electron chi connectivity index (χ0n) is 10.4. The van der Waals surface area contributed by atoms with E-state index >= 15 is 0 Å². The van der Waals surface area contributed by atoms with Gasteiger partial charge < -0.3 is 10.1 Å². The van der Waals surface area contributed by atoms with Crippen LogP contribution in [-0.4, -0.2) is 12.6 Å². The summed E-state index contributed by atoms with van der Waals surface area (Å²) in [6.45, 7) is 3.10. The monoisotopic (exact) mass is 259 g/mol. The Morgan fingerprint density at radius 1 is 1.33 bits per heavy atom. The minimum atomic E-state index is 0.268. The van der Waals surface area contributed by atoms with Gasteiger partial charge in [0.05, 0.1) is 0 Å². The highest BCUT2D eigenvalue weighted by Crippen LogP contribution is 2.28. The lowest BCUT2D eigenvalue weighted by molar-refractivity contribution is 0.223. The van der Waals surface area contributed by atoms with E-state index in [0.29, 0.717) is 6.04 Å². The molecule has 2 heterocycles. The first-order valence-corrected chi connectivity index (χ1v) is 7.22. The molecule has 0 spiro atoms. The molecular weight excluding hydrogens is 242 g/mol. The highest BCUT2D eigenvalue weighted by molar-refractivity contribution is 7.10. The molecule has 18 heavy (non-hydrogen) atoms. The molecule has 2 nitrogen and oxygen atoms in total. The summed E-state index contributed by atoms with van der Waals surface area (Å²) in [4.78, 5) is 1.38. The van der Waals surface area contributed by atoms with Gasteiger partial charge in [0, 0.05) is 23.9 Å². The predicted molar refractivity (Wildman–Crippen MR) is 75.3 cm³/mol. The molecule has 94 valence electrons. The molecule has 3 heteroatoms. The highest BCUT2D eigenvalue weighted by atomic mass is 32.1. The number of thiophene rings is 1. The van der Waals surface area contributed by atoms with E-state index in [1.807, 2.05) is 6.07 Å². The summed E-state index contributed by atoms with van der Waals surface area (Å²) < 4.78 is 5.92. The second-order valence-electron chi connectivity index (χ2n) is 4.70. The summed E-state index contributed by atoms with van der Waals surface area (Å²) in [5.41, 5.74) is 1.33. The molecule has 1 aliphatic heterocycles. The van der Waals surface area contributed by atoms with Crippen LogP contribution >= 0.6 is 11.3 Å². The van der Waals surface area contributed by atoms with Crippen molar-refractivity contribution in [2.24, 2.45) is 0 Å². The second-order valence-corrected chi connectivity index (χ2v) is 5.68. The Hall–Kier alpha value is -1.32. The minimum absolute atomic E-state index is 0.268. The Morgan fingerprint density at radius 2 is 2.22 bits per heavy atom. The largest absolute Gasteiger partial charge is 0.488 e. The number of rotatable bonds is 4. The minimum Gasteiger partial charge on any atom is -0.488 e. The van der Waals surface area contributed by atoms with E-state index in [1.54, 1.807) is 11.3 Å². The summed E-state index contributed by atoms with van der Waals surface area (Å²) in [5, 5.41) is 5.67. The van der Waals surface area contributed by atoms with Crippen LogP contribution in [0.4, 0.5) is 0 Å². The van der Waals surface area contributed by atoms with Crippen molar-refractivity contribution in [1.29, 1.82) is 0 Å². The van der Waals surface area contributed by atoms with Crippen molar-refractivity contribution in [3.8, 4) is 5.75 Å². The van der Waals surface area contributed by atoms with Crippen LogP contribution in [0.3, 0.4) is 0 Å². The molecule has 2 atom stereocenters. The molecule has 1 unspecified atom stereocenters. The van der Waals surface area contributed by atoms with Crippen molar-refractivity contribution in [2.45, 2.75) is 25.5 Å². The maximum Gasteiger partial charge on any atom is 0.123 e. The molecule has 0 amide bonds. The first kappa shape index (κ1) is 11.8. The van der Waals surface area contributed by atoms with Crippen molar-refractivity contribution in [3.63, 3.8) is 0 Å². The van der Waals surface area contributed by atoms with Crippen LogP contribution in [-0.2, 0) is 6.42 Å².